The van der Waals surface area contributed by atoms with Crippen LogP contribution in [0.15, 0.2) is 24.3 Å². The smallest absolute Gasteiger partial charge is 0.000834 e. The summed E-state index contributed by atoms with van der Waals surface area (Å²) in [4.78, 5) is 0. The Labute approximate surface area is 93.1 Å². The van der Waals surface area contributed by atoms with E-state index in [1.807, 2.05) is 7.05 Å². The number of rotatable bonds is 7. The van der Waals surface area contributed by atoms with E-state index in [0.29, 0.717) is 0 Å². The fraction of sp³-hybridized carbons (Fsp3) is 0.538. The van der Waals surface area contributed by atoms with Crippen molar-refractivity contribution in [3.63, 3.8) is 0 Å². The van der Waals surface area contributed by atoms with Crippen LogP contribution in [0.1, 0.15) is 17.5 Å². The third-order valence-corrected chi connectivity index (χ3v) is 2.49. The number of hydrogen-bond donors (Lipinski definition) is 2. The zero-order valence-electron chi connectivity index (χ0n) is 9.84. The first kappa shape index (κ1) is 12.2. The summed E-state index contributed by atoms with van der Waals surface area (Å²) in [5.74, 6) is 0. The normalized spacial score (nSPS) is 10.5. The van der Waals surface area contributed by atoms with E-state index >= 15 is 0 Å². The molecule has 84 valence electrons. The molecule has 1 aromatic rings. The maximum atomic E-state index is 3.44. The van der Waals surface area contributed by atoms with E-state index in [1.165, 1.54) is 17.5 Å². The molecule has 2 heteroatoms. The van der Waals surface area contributed by atoms with Gasteiger partial charge in [0.25, 0.3) is 0 Å². The molecule has 0 saturated carbocycles. The summed E-state index contributed by atoms with van der Waals surface area (Å²) < 4.78 is 0. The van der Waals surface area contributed by atoms with Gasteiger partial charge in [-0.3, -0.25) is 0 Å². The number of hydrogen-bond acceptors (Lipinski definition) is 2. The molecule has 0 amide bonds. The van der Waals surface area contributed by atoms with Crippen LogP contribution in [0, 0.1) is 6.92 Å². The van der Waals surface area contributed by atoms with E-state index in [-0.39, 0.29) is 0 Å². The van der Waals surface area contributed by atoms with Crippen molar-refractivity contribution in [1.29, 1.82) is 0 Å². The molecule has 15 heavy (non-hydrogen) atoms. The molecule has 0 aliphatic rings. The zero-order chi connectivity index (χ0) is 10.9. The fourth-order valence-corrected chi connectivity index (χ4v) is 1.50. The Morgan fingerprint density at radius 1 is 1.00 bits per heavy atom. The van der Waals surface area contributed by atoms with Crippen molar-refractivity contribution in [3.05, 3.63) is 35.4 Å². The molecule has 0 atom stereocenters. The summed E-state index contributed by atoms with van der Waals surface area (Å²) in [5.41, 5.74) is 2.75. The largest absolute Gasteiger partial charge is 0.320 e. The first-order chi connectivity index (χ1) is 7.33. The standard InChI is InChI=1S/C13H22N2/c1-12-4-6-13(7-5-12)8-11-15-10-3-9-14-2/h4-7,14-15H,3,8-11H2,1-2H3. The van der Waals surface area contributed by atoms with Gasteiger partial charge in [-0.25, -0.2) is 0 Å². The van der Waals surface area contributed by atoms with Gasteiger partial charge >= 0.3 is 0 Å². The average Bonchev–Trinajstić information content (AvgIpc) is 2.26. The lowest BCUT2D eigenvalue weighted by Gasteiger charge is -2.05. The van der Waals surface area contributed by atoms with Crippen LogP contribution in [0.5, 0.6) is 0 Å². The molecule has 0 saturated heterocycles. The third kappa shape index (κ3) is 5.55. The molecule has 0 aliphatic heterocycles. The van der Waals surface area contributed by atoms with Gasteiger partial charge in [0.2, 0.25) is 0 Å². The summed E-state index contributed by atoms with van der Waals surface area (Å²) in [6.45, 7) is 5.40. The summed E-state index contributed by atoms with van der Waals surface area (Å²) >= 11 is 0. The second kappa shape index (κ2) is 7.43. The molecule has 0 radical (unpaired) electrons. The first-order valence-corrected chi connectivity index (χ1v) is 5.74. The van der Waals surface area contributed by atoms with Gasteiger partial charge in [-0.1, -0.05) is 29.8 Å². The molecule has 0 heterocycles. The minimum Gasteiger partial charge on any atom is -0.320 e. The molecule has 1 rings (SSSR count). The highest BCUT2D eigenvalue weighted by molar-refractivity contribution is 5.21. The minimum atomic E-state index is 1.08. The highest BCUT2D eigenvalue weighted by atomic mass is 14.9. The van der Waals surface area contributed by atoms with Crippen LogP contribution in [0.4, 0.5) is 0 Å². The molecular weight excluding hydrogens is 184 g/mol. The second-order valence-corrected chi connectivity index (χ2v) is 3.94. The Bertz CT molecular complexity index is 254. The summed E-state index contributed by atoms with van der Waals surface area (Å²) in [5, 5.41) is 6.59. The zero-order valence-corrected chi connectivity index (χ0v) is 9.84. The predicted molar refractivity (Wildman–Crippen MR) is 66.3 cm³/mol. The lowest BCUT2D eigenvalue weighted by atomic mass is 10.1. The molecule has 2 nitrogen and oxygen atoms in total. The van der Waals surface area contributed by atoms with Gasteiger partial charge in [0.05, 0.1) is 0 Å². The van der Waals surface area contributed by atoms with E-state index in [2.05, 4.69) is 41.8 Å². The maximum absolute atomic E-state index is 3.44. The lowest BCUT2D eigenvalue weighted by molar-refractivity contribution is 0.625. The van der Waals surface area contributed by atoms with E-state index in [0.717, 1.165) is 26.1 Å². The quantitative estimate of drug-likeness (QED) is 0.664. The summed E-state index contributed by atoms with van der Waals surface area (Å²) in [6, 6.07) is 8.78. The Kier molecular flexibility index (Phi) is 6.05. The van der Waals surface area contributed by atoms with Crippen LogP contribution in [0.3, 0.4) is 0 Å². The van der Waals surface area contributed by atoms with Gasteiger partial charge in [0, 0.05) is 0 Å². The van der Waals surface area contributed by atoms with E-state index in [1.54, 1.807) is 0 Å². The average molecular weight is 206 g/mol. The molecule has 0 unspecified atom stereocenters. The Hall–Kier alpha value is -0.860. The number of aryl methyl sites for hydroxylation is 1. The molecule has 0 aromatic heterocycles. The van der Waals surface area contributed by atoms with Crippen molar-refractivity contribution in [2.24, 2.45) is 0 Å². The van der Waals surface area contributed by atoms with Crippen molar-refractivity contribution < 1.29 is 0 Å². The van der Waals surface area contributed by atoms with Gasteiger partial charge in [-0.15, -0.1) is 0 Å². The summed E-state index contributed by atoms with van der Waals surface area (Å²) in [7, 11) is 1.99. The van der Waals surface area contributed by atoms with Crippen LogP contribution in [0.25, 0.3) is 0 Å². The van der Waals surface area contributed by atoms with Crippen molar-refractivity contribution in [2.45, 2.75) is 19.8 Å². The SMILES string of the molecule is CNCCCNCCc1ccc(C)cc1. The lowest BCUT2D eigenvalue weighted by Crippen LogP contribution is -2.21. The monoisotopic (exact) mass is 206 g/mol. The minimum absolute atomic E-state index is 1.08. The van der Waals surface area contributed by atoms with Crippen LogP contribution in [-0.4, -0.2) is 26.7 Å². The molecule has 0 bridgehead atoms. The molecule has 0 spiro atoms. The highest BCUT2D eigenvalue weighted by Crippen LogP contribution is 2.02. The fourth-order valence-electron chi connectivity index (χ4n) is 1.50. The van der Waals surface area contributed by atoms with Crippen molar-refractivity contribution in [1.82, 2.24) is 10.6 Å². The van der Waals surface area contributed by atoms with Crippen molar-refractivity contribution in [2.75, 3.05) is 26.7 Å². The maximum Gasteiger partial charge on any atom is -0.000834 e. The second-order valence-electron chi connectivity index (χ2n) is 3.94. The van der Waals surface area contributed by atoms with Crippen LogP contribution >= 0.6 is 0 Å². The van der Waals surface area contributed by atoms with E-state index < -0.39 is 0 Å². The van der Waals surface area contributed by atoms with E-state index in [4.69, 9.17) is 0 Å². The third-order valence-electron chi connectivity index (χ3n) is 2.49. The Balaban J connectivity index is 2.07. The number of nitrogens with one attached hydrogen (secondary N) is 2. The molecule has 1 aromatic carbocycles. The molecule has 2 N–H and O–H groups in total. The Morgan fingerprint density at radius 2 is 1.73 bits per heavy atom. The molecule has 0 fully saturated rings. The van der Waals surface area contributed by atoms with Gasteiger partial charge in [-0.05, 0) is 52.0 Å². The van der Waals surface area contributed by atoms with Gasteiger partial charge in [0.1, 0.15) is 0 Å². The van der Waals surface area contributed by atoms with Crippen molar-refractivity contribution in [3.8, 4) is 0 Å². The highest BCUT2D eigenvalue weighted by Gasteiger charge is 1.92. The van der Waals surface area contributed by atoms with Crippen LogP contribution in [0.2, 0.25) is 0 Å². The first-order valence-electron chi connectivity index (χ1n) is 5.74. The van der Waals surface area contributed by atoms with Gasteiger partial charge in [0.15, 0.2) is 0 Å². The predicted octanol–water partition coefficient (Wildman–Crippen LogP) is 1.74. The van der Waals surface area contributed by atoms with Crippen molar-refractivity contribution >= 4 is 0 Å². The van der Waals surface area contributed by atoms with Crippen LogP contribution in [-0.2, 0) is 6.42 Å². The number of benzene rings is 1. The Morgan fingerprint density at radius 3 is 2.40 bits per heavy atom. The van der Waals surface area contributed by atoms with Crippen LogP contribution < -0.4 is 10.6 Å². The van der Waals surface area contributed by atoms with E-state index in [9.17, 15) is 0 Å². The topological polar surface area (TPSA) is 24.1 Å². The molecular formula is C13H22N2. The summed E-state index contributed by atoms with van der Waals surface area (Å²) in [6.07, 6.45) is 2.32. The molecule has 0 aliphatic carbocycles. The van der Waals surface area contributed by atoms with Gasteiger partial charge < -0.3 is 10.6 Å². The van der Waals surface area contributed by atoms with Gasteiger partial charge in [-0.2, -0.15) is 0 Å².